The first-order valence-electron chi connectivity index (χ1n) is 11.2. The van der Waals surface area contributed by atoms with Gasteiger partial charge in [-0.3, -0.25) is 0 Å². The van der Waals surface area contributed by atoms with Crippen LogP contribution in [0, 0.1) is 0 Å². The van der Waals surface area contributed by atoms with Gasteiger partial charge in [0.15, 0.2) is 0 Å². The molecule has 0 aliphatic rings. The Bertz CT molecular complexity index is 620. The number of unbranched alkanes of at least 4 members (excludes halogenated alkanes) is 2. The number of benzene rings is 2. The highest BCUT2D eigenvalue weighted by molar-refractivity contribution is 5.63. The van der Waals surface area contributed by atoms with Crippen molar-refractivity contribution in [3.8, 4) is 11.1 Å². The quantitative estimate of drug-likeness (QED) is 0.381. The van der Waals surface area contributed by atoms with Crippen molar-refractivity contribution in [3.05, 3.63) is 59.7 Å². The van der Waals surface area contributed by atoms with Crippen molar-refractivity contribution in [1.82, 2.24) is 9.80 Å². The summed E-state index contributed by atoms with van der Waals surface area (Å²) in [5.41, 5.74) is 4.93. The van der Waals surface area contributed by atoms with E-state index in [1.165, 1.54) is 35.1 Å². The van der Waals surface area contributed by atoms with Crippen LogP contribution in [0.15, 0.2) is 48.5 Å². The van der Waals surface area contributed by atoms with Crippen LogP contribution in [0.1, 0.15) is 36.8 Å². The van der Waals surface area contributed by atoms with Gasteiger partial charge in [0.1, 0.15) is 0 Å². The molecule has 0 bridgehead atoms. The molecule has 4 heteroatoms. The lowest BCUT2D eigenvalue weighted by atomic mass is 10.0. The molecule has 4 nitrogen and oxygen atoms in total. The monoisotopic (exact) mass is 412 g/mol. The number of rotatable bonds is 15. The zero-order chi connectivity index (χ0) is 21.6. The van der Waals surface area contributed by atoms with Crippen LogP contribution in [0.25, 0.3) is 11.1 Å². The Hall–Kier alpha value is -1.72. The van der Waals surface area contributed by atoms with Gasteiger partial charge in [0.25, 0.3) is 0 Å². The molecular weight excluding hydrogens is 372 g/mol. The van der Waals surface area contributed by atoms with E-state index >= 15 is 0 Å². The Kier molecular flexibility index (Phi) is 11.7. The first-order chi connectivity index (χ1) is 14.5. The molecule has 0 fully saturated rings. The maximum Gasteiger partial charge on any atom is 0.0716 e. The van der Waals surface area contributed by atoms with Crippen molar-refractivity contribution in [2.45, 2.75) is 38.9 Å². The molecule has 0 aliphatic heterocycles. The van der Waals surface area contributed by atoms with Crippen molar-refractivity contribution in [2.75, 3.05) is 54.5 Å². The van der Waals surface area contributed by atoms with Crippen molar-refractivity contribution in [3.63, 3.8) is 0 Å². The van der Waals surface area contributed by atoms with Crippen molar-refractivity contribution in [1.29, 1.82) is 0 Å². The fourth-order valence-corrected chi connectivity index (χ4v) is 3.23. The van der Waals surface area contributed by atoms with E-state index in [-0.39, 0.29) is 0 Å². The van der Waals surface area contributed by atoms with E-state index in [0.29, 0.717) is 13.2 Å². The number of nitrogens with zero attached hydrogens (tertiary/aromatic N) is 2. The Morgan fingerprint density at radius 1 is 0.533 bits per heavy atom. The van der Waals surface area contributed by atoms with Crippen LogP contribution in [0.3, 0.4) is 0 Å². The lowest BCUT2D eigenvalue weighted by molar-refractivity contribution is 0.115. The van der Waals surface area contributed by atoms with Crippen LogP contribution in [0.5, 0.6) is 0 Å². The van der Waals surface area contributed by atoms with E-state index in [0.717, 1.165) is 39.1 Å². The SMILES string of the molecule is CN(C)CCCCOCc1ccc(-c2ccc(COCCCCN(C)C)cc2)cc1. The van der Waals surface area contributed by atoms with Gasteiger partial charge in [-0.05, 0) is 89.2 Å². The minimum absolute atomic E-state index is 0.688. The first-order valence-corrected chi connectivity index (χ1v) is 11.2. The molecule has 0 saturated carbocycles. The fraction of sp³-hybridized carbons (Fsp3) is 0.538. The molecule has 166 valence electrons. The summed E-state index contributed by atoms with van der Waals surface area (Å²) in [7, 11) is 8.44. The van der Waals surface area contributed by atoms with Gasteiger partial charge in [-0.15, -0.1) is 0 Å². The summed E-state index contributed by atoms with van der Waals surface area (Å²) in [6.07, 6.45) is 4.59. The van der Waals surface area contributed by atoms with Gasteiger partial charge in [0.05, 0.1) is 13.2 Å². The second-order valence-electron chi connectivity index (χ2n) is 8.52. The zero-order valence-corrected chi connectivity index (χ0v) is 19.4. The van der Waals surface area contributed by atoms with Gasteiger partial charge < -0.3 is 19.3 Å². The molecule has 0 heterocycles. The standard InChI is InChI=1S/C26H40N2O2/c1-27(2)17-5-7-19-29-21-23-9-13-25(14-10-23)26-15-11-24(12-16-26)22-30-20-8-6-18-28(3)4/h9-16H,5-8,17-22H2,1-4H3. The molecule has 30 heavy (non-hydrogen) atoms. The van der Waals surface area contributed by atoms with Gasteiger partial charge in [-0.1, -0.05) is 48.5 Å². The molecule has 0 unspecified atom stereocenters. The van der Waals surface area contributed by atoms with Crippen molar-refractivity contribution >= 4 is 0 Å². The molecule has 0 spiro atoms. The Morgan fingerprint density at radius 3 is 1.23 bits per heavy atom. The van der Waals surface area contributed by atoms with Gasteiger partial charge >= 0.3 is 0 Å². The molecule has 2 aromatic rings. The number of hydrogen-bond donors (Lipinski definition) is 0. The normalized spacial score (nSPS) is 11.5. The smallest absolute Gasteiger partial charge is 0.0716 e. The van der Waals surface area contributed by atoms with Gasteiger partial charge in [-0.25, -0.2) is 0 Å². The van der Waals surface area contributed by atoms with Crippen LogP contribution >= 0.6 is 0 Å². The van der Waals surface area contributed by atoms with Crippen LogP contribution in [-0.2, 0) is 22.7 Å². The molecule has 0 amide bonds. The third kappa shape index (κ3) is 10.4. The molecule has 0 radical (unpaired) electrons. The summed E-state index contributed by atoms with van der Waals surface area (Å²) in [5.74, 6) is 0. The zero-order valence-electron chi connectivity index (χ0n) is 19.4. The minimum atomic E-state index is 0.688. The second kappa shape index (κ2) is 14.3. The summed E-state index contributed by atoms with van der Waals surface area (Å²) in [6, 6.07) is 17.4. The third-order valence-corrected chi connectivity index (χ3v) is 5.07. The highest BCUT2D eigenvalue weighted by Crippen LogP contribution is 2.21. The summed E-state index contributed by atoms with van der Waals surface area (Å²) in [4.78, 5) is 4.43. The molecule has 2 rings (SSSR count). The maximum absolute atomic E-state index is 5.80. The molecule has 0 saturated heterocycles. The largest absolute Gasteiger partial charge is 0.377 e. The predicted octanol–water partition coefficient (Wildman–Crippen LogP) is 5.07. The van der Waals surface area contributed by atoms with Gasteiger partial charge in [0, 0.05) is 13.2 Å². The molecular formula is C26H40N2O2. The van der Waals surface area contributed by atoms with E-state index in [4.69, 9.17) is 9.47 Å². The van der Waals surface area contributed by atoms with Gasteiger partial charge in [-0.2, -0.15) is 0 Å². The van der Waals surface area contributed by atoms with Gasteiger partial charge in [0.2, 0.25) is 0 Å². The lowest BCUT2D eigenvalue weighted by Crippen LogP contribution is -2.13. The van der Waals surface area contributed by atoms with Crippen molar-refractivity contribution < 1.29 is 9.47 Å². The Labute approximate surface area is 183 Å². The average molecular weight is 413 g/mol. The summed E-state index contributed by atoms with van der Waals surface area (Å²) >= 11 is 0. The first kappa shape index (κ1) is 24.5. The molecule has 0 atom stereocenters. The highest BCUT2D eigenvalue weighted by atomic mass is 16.5. The van der Waals surface area contributed by atoms with E-state index in [2.05, 4.69) is 86.5 Å². The number of ether oxygens (including phenoxy) is 2. The third-order valence-electron chi connectivity index (χ3n) is 5.07. The van der Waals surface area contributed by atoms with Crippen LogP contribution in [0.4, 0.5) is 0 Å². The van der Waals surface area contributed by atoms with E-state index in [9.17, 15) is 0 Å². The molecule has 0 aromatic heterocycles. The highest BCUT2D eigenvalue weighted by Gasteiger charge is 2.01. The Balaban J connectivity index is 1.68. The van der Waals surface area contributed by atoms with E-state index < -0.39 is 0 Å². The second-order valence-corrected chi connectivity index (χ2v) is 8.52. The number of hydrogen-bond acceptors (Lipinski definition) is 4. The van der Waals surface area contributed by atoms with Crippen molar-refractivity contribution in [2.24, 2.45) is 0 Å². The van der Waals surface area contributed by atoms with E-state index in [1.807, 2.05) is 0 Å². The molecule has 0 N–H and O–H groups in total. The average Bonchev–Trinajstić information content (AvgIpc) is 2.73. The summed E-state index contributed by atoms with van der Waals surface area (Å²) in [6.45, 7) is 5.28. The summed E-state index contributed by atoms with van der Waals surface area (Å²) < 4.78 is 11.6. The lowest BCUT2D eigenvalue weighted by Gasteiger charge is -2.10. The summed E-state index contributed by atoms with van der Waals surface area (Å²) in [5, 5.41) is 0. The predicted molar refractivity (Wildman–Crippen MR) is 127 cm³/mol. The van der Waals surface area contributed by atoms with Crippen LogP contribution in [-0.4, -0.2) is 64.3 Å². The minimum Gasteiger partial charge on any atom is -0.377 e. The molecule has 0 aliphatic carbocycles. The fourth-order valence-electron chi connectivity index (χ4n) is 3.23. The van der Waals surface area contributed by atoms with Crippen LogP contribution < -0.4 is 0 Å². The topological polar surface area (TPSA) is 24.9 Å². The van der Waals surface area contributed by atoms with Crippen LogP contribution in [0.2, 0.25) is 0 Å². The maximum atomic E-state index is 5.80. The molecule has 2 aromatic carbocycles. The van der Waals surface area contributed by atoms with E-state index in [1.54, 1.807) is 0 Å². The Morgan fingerprint density at radius 2 is 0.900 bits per heavy atom.